The van der Waals surface area contributed by atoms with Gasteiger partial charge < -0.3 is 4.74 Å². The van der Waals surface area contributed by atoms with Crippen molar-refractivity contribution in [3.63, 3.8) is 0 Å². The average molecular weight is 231 g/mol. The smallest absolute Gasteiger partial charge is 0.204 e. The molecule has 14 heavy (non-hydrogen) atoms. The number of Topliss-reactive ketones (excluding diaryl/α,β-unsaturated/α-hetero) is 1. The molecule has 0 amide bonds. The van der Waals surface area contributed by atoms with Crippen LogP contribution in [0.5, 0.6) is 0 Å². The minimum Gasteiger partial charge on any atom is -0.370 e. The minimum atomic E-state index is -0.547. The van der Waals surface area contributed by atoms with Gasteiger partial charge in [0, 0.05) is 7.11 Å². The summed E-state index contributed by atoms with van der Waals surface area (Å²) in [7, 11) is 1.60. The lowest BCUT2D eigenvalue weighted by atomic mass is 9.76. The lowest BCUT2D eigenvalue weighted by Crippen LogP contribution is -2.46. The number of hydrogen-bond donors (Lipinski definition) is 0. The van der Waals surface area contributed by atoms with E-state index in [2.05, 4.69) is 0 Å². The molecular formula is C10H11ClO2S. The van der Waals surface area contributed by atoms with Crippen molar-refractivity contribution in [2.45, 2.75) is 24.9 Å². The Bertz CT molecular complexity index is 349. The predicted octanol–water partition coefficient (Wildman–Crippen LogP) is 3.15. The van der Waals surface area contributed by atoms with E-state index >= 15 is 0 Å². The summed E-state index contributed by atoms with van der Waals surface area (Å²) in [4.78, 5) is 12.7. The predicted molar refractivity (Wildman–Crippen MR) is 57.3 cm³/mol. The monoisotopic (exact) mass is 230 g/mol. The summed E-state index contributed by atoms with van der Waals surface area (Å²) in [6, 6.07) is 3.52. The highest BCUT2D eigenvalue weighted by molar-refractivity contribution is 7.18. The van der Waals surface area contributed by atoms with Crippen molar-refractivity contribution in [1.82, 2.24) is 0 Å². The van der Waals surface area contributed by atoms with Crippen LogP contribution in [-0.4, -0.2) is 18.5 Å². The Kier molecular flexibility index (Phi) is 2.64. The van der Waals surface area contributed by atoms with Crippen LogP contribution >= 0.6 is 22.9 Å². The molecule has 1 saturated carbocycles. The Morgan fingerprint density at radius 2 is 2.29 bits per heavy atom. The molecule has 0 radical (unpaired) electrons. The Morgan fingerprint density at radius 1 is 1.57 bits per heavy atom. The lowest BCUT2D eigenvalue weighted by Gasteiger charge is -2.38. The fourth-order valence-corrected chi connectivity index (χ4v) is 2.76. The molecule has 1 heterocycles. The van der Waals surface area contributed by atoms with Crippen LogP contribution in [0.15, 0.2) is 12.1 Å². The van der Waals surface area contributed by atoms with Gasteiger partial charge in [-0.3, -0.25) is 4.79 Å². The number of ketones is 1. The minimum absolute atomic E-state index is 0.0863. The molecule has 76 valence electrons. The Balaban J connectivity index is 2.23. The van der Waals surface area contributed by atoms with Crippen molar-refractivity contribution >= 4 is 28.7 Å². The highest BCUT2D eigenvalue weighted by atomic mass is 35.5. The van der Waals surface area contributed by atoms with Crippen LogP contribution in [0.1, 0.15) is 28.9 Å². The first kappa shape index (κ1) is 10.1. The molecule has 0 atom stereocenters. The summed E-state index contributed by atoms with van der Waals surface area (Å²) < 4.78 is 5.97. The van der Waals surface area contributed by atoms with E-state index in [4.69, 9.17) is 16.3 Å². The largest absolute Gasteiger partial charge is 0.370 e. The molecule has 0 spiro atoms. The van der Waals surface area contributed by atoms with Crippen LogP contribution in [0.2, 0.25) is 4.34 Å². The lowest BCUT2D eigenvalue weighted by molar-refractivity contribution is -0.0445. The number of carbonyl (C=O) groups is 1. The van der Waals surface area contributed by atoms with Crippen LogP contribution in [0, 0.1) is 0 Å². The highest BCUT2D eigenvalue weighted by Gasteiger charge is 2.45. The molecular weight excluding hydrogens is 220 g/mol. The van der Waals surface area contributed by atoms with Crippen molar-refractivity contribution in [3.05, 3.63) is 21.3 Å². The van der Waals surface area contributed by atoms with Crippen LogP contribution in [0.25, 0.3) is 0 Å². The third kappa shape index (κ3) is 1.49. The highest BCUT2D eigenvalue weighted by Crippen LogP contribution is 2.39. The van der Waals surface area contributed by atoms with E-state index in [-0.39, 0.29) is 5.78 Å². The first-order valence-electron chi connectivity index (χ1n) is 4.53. The second-order valence-corrected chi connectivity index (χ2v) is 5.20. The van der Waals surface area contributed by atoms with E-state index in [1.165, 1.54) is 11.3 Å². The van der Waals surface area contributed by atoms with Gasteiger partial charge in [0.1, 0.15) is 5.60 Å². The van der Waals surface area contributed by atoms with Crippen molar-refractivity contribution in [2.24, 2.45) is 0 Å². The standard InChI is InChI=1S/C10H11ClO2S/c1-13-10(5-2-6-10)9(12)7-3-4-8(11)14-7/h3-4H,2,5-6H2,1H3. The molecule has 1 aliphatic rings. The quantitative estimate of drug-likeness (QED) is 0.746. The van der Waals surface area contributed by atoms with E-state index in [0.717, 1.165) is 19.3 Å². The maximum Gasteiger partial charge on any atom is 0.204 e. The molecule has 1 aromatic rings. The summed E-state index contributed by atoms with van der Waals surface area (Å²) in [6.45, 7) is 0. The summed E-state index contributed by atoms with van der Waals surface area (Å²) in [5.74, 6) is 0.0863. The van der Waals surface area contributed by atoms with E-state index in [1.807, 2.05) is 0 Å². The van der Waals surface area contributed by atoms with Gasteiger partial charge in [0.15, 0.2) is 0 Å². The first-order chi connectivity index (χ1) is 6.68. The zero-order chi connectivity index (χ0) is 10.2. The van der Waals surface area contributed by atoms with Crippen LogP contribution in [0.4, 0.5) is 0 Å². The van der Waals surface area contributed by atoms with Crippen LogP contribution in [-0.2, 0) is 4.74 Å². The second-order valence-electron chi connectivity index (χ2n) is 3.48. The van der Waals surface area contributed by atoms with E-state index in [9.17, 15) is 4.79 Å². The summed E-state index contributed by atoms with van der Waals surface area (Å²) in [5.41, 5.74) is -0.547. The second kappa shape index (κ2) is 3.65. The average Bonchev–Trinajstić information content (AvgIpc) is 2.50. The van der Waals surface area contributed by atoms with Crippen LogP contribution in [0.3, 0.4) is 0 Å². The third-order valence-corrected chi connectivity index (χ3v) is 3.99. The van der Waals surface area contributed by atoms with Gasteiger partial charge in [-0.1, -0.05) is 11.6 Å². The maximum atomic E-state index is 12.0. The van der Waals surface area contributed by atoms with Crippen molar-refractivity contribution < 1.29 is 9.53 Å². The molecule has 2 rings (SSSR count). The SMILES string of the molecule is COC1(C(=O)c2ccc(Cl)s2)CCC1. The number of thiophene rings is 1. The van der Waals surface area contributed by atoms with Gasteiger partial charge in [-0.05, 0) is 31.4 Å². The molecule has 1 aromatic heterocycles. The van der Waals surface area contributed by atoms with Gasteiger partial charge in [-0.15, -0.1) is 11.3 Å². The third-order valence-electron chi connectivity index (χ3n) is 2.76. The number of rotatable bonds is 3. The molecule has 4 heteroatoms. The Labute approximate surface area is 91.8 Å². The molecule has 1 fully saturated rings. The topological polar surface area (TPSA) is 26.3 Å². The normalized spacial score (nSPS) is 19.0. The van der Waals surface area contributed by atoms with Gasteiger partial charge in [-0.25, -0.2) is 0 Å². The Morgan fingerprint density at radius 3 is 2.64 bits per heavy atom. The Hall–Kier alpha value is -0.380. The van der Waals surface area contributed by atoms with Crippen LogP contribution < -0.4 is 0 Å². The van der Waals surface area contributed by atoms with Gasteiger partial charge in [0.25, 0.3) is 0 Å². The molecule has 0 aliphatic heterocycles. The van der Waals surface area contributed by atoms with Crippen molar-refractivity contribution in [2.75, 3.05) is 7.11 Å². The van der Waals surface area contributed by atoms with Crippen molar-refractivity contribution in [3.8, 4) is 0 Å². The molecule has 0 aromatic carbocycles. The molecule has 0 bridgehead atoms. The van der Waals surface area contributed by atoms with Crippen molar-refractivity contribution in [1.29, 1.82) is 0 Å². The number of ether oxygens (including phenoxy) is 1. The molecule has 0 unspecified atom stereocenters. The molecule has 0 saturated heterocycles. The first-order valence-corrected chi connectivity index (χ1v) is 5.73. The zero-order valence-corrected chi connectivity index (χ0v) is 9.45. The van der Waals surface area contributed by atoms with Gasteiger partial charge in [0.2, 0.25) is 5.78 Å². The number of carbonyl (C=O) groups excluding carboxylic acids is 1. The summed E-state index contributed by atoms with van der Waals surface area (Å²) in [5, 5.41) is 0. The summed E-state index contributed by atoms with van der Waals surface area (Å²) >= 11 is 7.11. The summed E-state index contributed by atoms with van der Waals surface area (Å²) in [6.07, 6.45) is 2.73. The van der Waals surface area contributed by atoms with E-state index in [0.29, 0.717) is 9.21 Å². The van der Waals surface area contributed by atoms with Gasteiger partial charge in [-0.2, -0.15) is 0 Å². The number of halogens is 1. The van der Waals surface area contributed by atoms with Gasteiger partial charge in [0.05, 0.1) is 9.21 Å². The molecule has 2 nitrogen and oxygen atoms in total. The maximum absolute atomic E-state index is 12.0. The number of methoxy groups -OCH3 is 1. The fraction of sp³-hybridized carbons (Fsp3) is 0.500. The van der Waals surface area contributed by atoms with Gasteiger partial charge >= 0.3 is 0 Å². The molecule has 0 N–H and O–H groups in total. The zero-order valence-electron chi connectivity index (χ0n) is 7.88. The van der Waals surface area contributed by atoms with E-state index in [1.54, 1.807) is 19.2 Å². The van der Waals surface area contributed by atoms with E-state index < -0.39 is 5.60 Å². The number of hydrogen-bond acceptors (Lipinski definition) is 3. The molecule has 1 aliphatic carbocycles. The fourth-order valence-electron chi connectivity index (χ4n) is 1.68.